The maximum atomic E-state index is 5.81. The fourth-order valence-corrected chi connectivity index (χ4v) is 6.86. The summed E-state index contributed by atoms with van der Waals surface area (Å²) in [5, 5.41) is 0. The summed E-state index contributed by atoms with van der Waals surface area (Å²) in [5.41, 5.74) is 0. The van der Waals surface area contributed by atoms with Crippen molar-refractivity contribution in [2.45, 2.75) is 32.9 Å². The second-order valence-corrected chi connectivity index (χ2v) is 9.08. The molecule has 10 heavy (non-hydrogen) atoms. The van der Waals surface area contributed by atoms with Crippen LogP contribution in [0.2, 0.25) is 12.1 Å². The predicted octanol–water partition coefficient (Wildman–Crippen LogP) is 2.98. The van der Waals surface area contributed by atoms with E-state index < -0.39 is 8.32 Å². The van der Waals surface area contributed by atoms with Gasteiger partial charge in [-0.3, -0.25) is 0 Å². The molecule has 3 heteroatoms. The molecule has 0 N–H and O–H groups in total. The molecule has 0 atom stereocenters. The van der Waals surface area contributed by atoms with E-state index in [1.165, 1.54) is 16.1 Å². The number of hydrogen-bond acceptors (Lipinski definition) is 1. The fourth-order valence-electron chi connectivity index (χ4n) is 0.988. The normalized spacial score (nSPS) is 12.0. The average Bonchev–Trinajstić information content (AvgIpc) is 2.01. The molecule has 0 aromatic carbocycles. The van der Waals surface area contributed by atoms with Gasteiger partial charge in [-0.15, -0.1) is 0 Å². The highest BCUT2D eigenvalue weighted by molar-refractivity contribution is 14.1. The maximum Gasteiger partial charge on any atom is 0.201 e. The SMILES string of the molecule is CCO[Si](CC)(CC)CI. The van der Waals surface area contributed by atoms with E-state index in [2.05, 4.69) is 43.4 Å². The van der Waals surface area contributed by atoms with E-state index in [0.29, 0.717) is 0 Å². The average molecular weight is 272 g/mol. The highest BCUT2D eigenvalue weighted by Gasteiger charge is 2.28. The summed E-state index contributed by atoms with van der Waals surface area (Å²) in [7, 11) is -1.23. The first-order chi connectivity index (χ1) is 4.74. The van der Waals surface area contributed by atoms with Crippen molar-refractivity contribution >= 4 is 30.9 Å². The molecule has 0 aliphatic heterocycles. The lowest BCUT2D eigenvalue weighted by Crippen LogP contribution is -2.39. The Morgan fingerprint density at radius 3 is 1.80 bits per heavy atom. The molecule has 0 saturated carbocycles. The lowest BCUT2D eigenvalue weighted by atomic mass is 10.9. The predicted molar refractivity (Wildman–Crippen MR) is 57.2 cm³/mol. The van der Waals surface area contributed by atoms with Crippen molar-refractivity contribution in [1.29, 1.82) is 0 Å². The molecule has 0 unspecified atom stereocenters. The van der Waals surface area contributed by atoms with Crippen LogP contribution >= 0.6 is 22.6 Å². The Balaban J connectivity index is 3.87. The third-order valence-electron chi connectivity index (χ3n) is 1.98. The van der Waals surface area contributed by atoms with Crippen LogP contribution in [0.25, 0.3) is 0 Å². The van der Waals surface area contributed by atoms with Crippen molar-refractivity contribution in [2.24, 2.45) is 0 Å². The summed E-state index contributed by atoms with van der Waals surface area (Å²) in [6.45, 7) is 7.50. The summed E-state index contributed by atoms with van der Waals surface area (Å²) in [4.78, 5) is 0. The summed E-state index contributed by atoms with van der Waals surface area (Å²) in [6, 6.07) is 2.53. The second-order valence-electron chi connectivity index (χ2n) is 2.46. The zero-order valence-electron chi connectivity index (χ0n) is 7.11. The maximum absolute atomic E-state index is 5.81. The van der Waals surface area contributed by atoms with Crippen molar-refractivity contribution < 1.29 is 4.43 Å². The molecule has 0 spiro atoms. The van der Waals surface area contributed by atoms with Crippen molar-refractivity contribution in [3.63, 3.8) is 0 Å². The van der Waals surface area contributed by atoms with E-state index in [4.69, 9.17) is 4.43 Å². The highest BCUT2D eigenvalue weighted by atomic mass is 127. The third kappa shape index (κ3) is 2.88. The van der Waals surface area contributed by atoms with E-state index in [1.54, 1.807) is 0 Å². The molecule has 0 heterocycles. The Labute approximate surface area is 78.8 Å². The number of halogens is 1. The summed E-state index contributed by atoms with van der Waals surface area (Å²) < 4.78 is 7.05. The van der Waals surface area contributed by atoms with Gasteiger partial charge >= 0.3 is 0 Å². The van der Waals surface area contributed by atoms with Gasteiger partial charge in [-0.1, -0.05) is 36.4 Å². The summed E-state index contributed by atoms with van der Waals surface area (Å²) in [5.74, 6) is 0. The Bertz CT molecular complexity index is 75.4. The summed E-state index contributed by atoms with van der Waals surface area (Å²) in [6.07, 6.45) is 0. The van der Waals surface area contributed by atoms with Crippen LogP contribution in [0.4, 0.5) is 0 Å². The van der Waals surface area contributed by atoms with Gasteiger partial charge in [0.15, 0.2) is 0 Å². The van der Waals surface area contributed by atoms with Crippen molar-refractivity contribution in [2.75, 3.05) is 10.7 Å². The molecular formula is C7H17IOSi. The molecule has 0 amide bonds. The molecule has 0 rings (SSSR count). The van der Waals surface area contributed by atoms with Gasteiger partial charge < -0.3 is 4.43 Å². The monoisotopic (exact) mass is 272 g/mol. The van der Waals surface area contributed by atoms with Crippen LogP contribution in [0, 0.1) is 0 Å². The Morgan fingerprint density at radius 1 is 1.20 bits per heavy atom. The standard InChI is InChI=1S/C7H17IOSi/c1-4-9-10(5-2,6-3)7-8/h4-7H2,1-3H3. The Hall–Kier alpha value is 0.907. The van der Waals surface area contributed by atoms with Crippen LogP contribution in [-0.2, 0) is 4.43 Å². The van der Waals surface area contributed by atoms with Gasteiger partial charge in [0.2, 0.25) is 8.32 Å². The smallest absolute Gasteiger partial charge is 0.201 e. The lowest BCUT2D eigenvalue weighted by Gasteiger charge is -2.25. The van der Waals surface area contributed by atoms with Crippen molar-refractivity contribution in [3.8, 4) is 0 Å². The van der Waals surface area contributed by atoms with Crippen LogP contribution in [0.5, 0.6) is 0 Å². The van der Waals surface area contributed by atoms with Gasteiger partial charge in [-0.2, -0.15) is 0 Å². The van der Waals surface area contributed by atoms with E-state index >= 15 is 0 Å². The molecule has 0 aromatic rings. The van der Waals surface area contributed by atoms with Gasteiger partial charge in [0, 0.05) is 10.7 Å². The minimum atomic E-state index is -1.23. The molecule has 1 nitrogen and oxygen atoms in total. The first-order valence-corrected chi connectivity index (χ1v) is 8.00. The van der Waals surface area contributed by atoms with Crippen LogP contribution < -0.4 is 0 Å². The van der Waals surface area contributed by atoms with E-state index in [9.17, 15) is 0 Å². The molecule has 0 bridgehead atoms. The van der Waals surface area contributed by atoms with E-state index in [0.717, 1.165) is 6.61 Å². The zero-order chi connectivity index (χ0) is 8.04. The Morgan fingerprint density at radius 2 is 1.70 bits per heavy atom. The van der Waals surface area contributed by atoms with Gasteiger partial charge in [0.1, 0.15) is 0 Å². The highest BCUT2D eigenvalue weighted by Crippen LogP contribution is 2.18. The topological polar surface area (TPSA) is 9.23 Å². The molecular weight excluding hydrogens is 255 g/mol. The summed E-state index contributed by atoms with van der Waals surface area (Å²) >= 11 is 2.46. The van der Waals surface area contributed by atoms with Gasteiger partial charge in [-0.05, 0) is 19.0 Å². The van der Waals surface area contributed by atoms with Crippen LogP contribution in [0.15, 0.2) is 0 Å². The largest absolute Gasteiger partial charge is 0.416 e. The van der Waals surface area contributed by atoms with Crippen molar-refractivity contribution in [3.05, 3.63) is 0 Å². The molecule has 0 saturated heterocycles. The molecule has 0 aromatic heterocycles. The molecule has 0 radical (unpaired) electrons. The minimum Gasteiger partial charge on any atom is -0.416 e. The molecule has 0 aliphatic carbocycles. The third-order valence-corrected chi connectivity index (χ3v) is 10.1. The second kappa shape index (κ2) is 5.54. The molecule has 0 fully saturated rings. The Kier molecular flexibility index (Phi) is 6.05. The van der Waals surface area contributed by atoms with Gasteiger partial charge in [-0.25, -0.2) is 0 Å². The lowest BCUT2D eigenvalue weighted by molar-refractivity contribution is 0.325. The van der Waals surface area contributed by atoms with Crippen LogP contribution in [0.1, 0.15) is 20.8 Å². The fraction of sp³-hybridized carbons (Fsp3) is 1.00. The molecule has 62 valence electrons. The quantitative estimate of drug-likeness (QED) is 0.425. The number of rotatable bonds is 5. The van der Waals surface area contributed by atoms with Crippen LogP contribution in [0.3, 0.4) is 0 Å². The van der Waals surface area contributed by atoms with E-state index in [1.807, 2.05) is 0 Å². The number of alkyl halides is 1. The van der Waals surface area contributed by atoms with Gasteiger partial charge in [0.25, 0.3) is 0 Å². The van der Waals surface area contributed by atoms with Gasteiger partial charge in [0.05, 0.1) is 0 Å². The zero-order valence-corrected chi connectivity index (χ0v) is 10.3. The molecule has 0 aliphatic rings. The van der Waals surface area contributed by atoms with Crippen LogP contribution in [-0.4, -0.2) is 19.0 Å². The van der Waals surface area contributed by atoms with Crippen molar-refractivity contribution in [1.82, 2.24) is 0 Å². The first kappa shape index (κ1) is 10.9. The number of hydrogen-bond donors (Lipinski definition) is 0. The van der Waals surface area contributed by atoms with E-state index in [-0.39, 0.29) is 0 Å². The first-order valence-electron chi connectivity index (χ1n) is 3.94. The minimum absolute atomic E-state index is 0.900.